The number of thioether (sulfide) groups is 1. The lowest BCUT2D eigenvalue weighted by molar-refractivity contribution is 0.321. The van der Waals surface area contributed by atoms with Gasteiger partial charge in [-0.3, -0.25) is 0 Å². The minimum Gasteiger partial charge on any atom is -0.369 e. The molecule has 1 atom stereocenters. The maximum absolute atomic E-state index is 6.03. The Kier molecular flexibility index (Phi) is 4.70. The molecule has 4 N–H and O–H groups in total. The molecule has 0 spiro atoms. The van der Waals surface area contributed by atoms with Gasteiger partial charge in [-0.15, -0.1) is 0 Å². The maximum Gasteiger partial charge on any atom is 0.124 e. The molecule has 0 aromatic carbocycles. The minimum atomic E-state index is 0.213. The Morgan fingerprint density at radius 1 is 1.71 bits per heavy atom. The van der Waals surface area contributed by atoms with Crippen LogP contribution >= 0.6 is 11.8 Å². The van der Waals surface area contributed by atoms with Crippen LogP contribution in [0.15, 0.2) is 12.3 Å². The van der Waals surface area contributed by atoms with Crippen molar-refractivity contribution in [3.8, 4) is 0 Å². The van der Waals surface area contributed by atoms with Gasteiger partial charge in [-0.05, 0) is 18.4 Å². The molecule has 2 heterocycles. The fourth-order valence-electron chi connectivity index (χ4n) is 1.80. The number of hydrogen-bond donors (Lipinski definition) is 3. The third-order valence-corrected chi connectivity index (χ3v) is 3.66. The summed E-state index contributed by atoms with van der Waals surface area (Å²) < 4.78 is 2.05. The van der Waals surface area contributed by atoms with E-state index in [4.69, 9.17) is 5.73 Å². The molecule has 17 heavy (non-hydrogen) atoms. The largest absolute Gasteiger partial charge is 0.369 e. The van der Waals surface area contributed by atoms with E-state index in [1.165, 1.54) is 0 Å². The molecule has 5 nitrogen and oxygen atoms in total. The molecule has 0 radical (unpaired) electrons. The zero-order chi connectivity index (χ0) is 12.1. The molecular formula is C11H21N5S. The molecule has 0 unspecified atom stereocenters. The molecule has 96 valence electrons. The summed E-state index contributed by atoms with van der Waals surface area (Å²) in [6, 6.07) is 2.72. The highest BCUT2D eigenvalue weighted by atomic mass is 32.2. The molecule has 1 aromatic rings. The van der Waals surface area contributed by atoms with Crippen molar-refractivity contribution < 1.29 is 0 Å². The molecule has 1 aliphatic heterocycles. The van der Waals surface area contributed by atoms with Crippen LogP contribution in [0.4, 0.5) is 5.82 Å². The predicted octanol–water partition coefficient (Wildman–Crippen LogP) is 0.520. The summed E-state index contributed by atoms with van der Waals surface area (Å²) in [6.07, 6.45) is 5.00. The van der Waals surface area contributed by atoms with Crippen molar-refractivity contribution in [2.24, 2.45) is 5.73 Å². The number of aromatic nitrogens is 2. The van der Waals surface area contributed by atoms with E-state index in [2.05, 4.69) is 26.7 Å². The highest BCUT2D eigenvalue weighted by Crippen LogP contribution is 2.17. The summed E-state index contributed by atoms with van der Waals surface area (Å²) in [7, 11) is 0. The van der Waals surface area contributed by atoms with Crippen molar-refractivity contribution in [3.63, 3.8) is 0 Å². The number of rotatable bonds is 7. The van der Waals surface area contributed by atoms with Crippen molar-refractivity contribution in [1.29, 1.82) is 0 Å². The first-order valence-corrected chi connectivity index (χ1v) is 7.43. The number of nitrogens with zero attached hydrogens (tertiary/aromatic N) is 2. The fourth-order valence-corrected chi connectivity index (χ4v) is 2.34. The van der Waals surface area contributed by atoms with Crippen molar-refractivity contribution >= 4 is 17.6 Å². The average molecular weight is 255 g/mol. The highest BCUT2D eigenvalue weighted by molar-refractivity contribution is 7.98. The van der Waals surface area contributed by atoms with Gasteiger partial charge in [-0.25, -0.2) is 4.68 Å². The lowest BCUT2D eigenvalue weighted by atomic mass is 10.2. The van der Waals surface area contributed by atoms with Crippen LogP contribution in [0.5, 0.6) is 0 Å². The van der Waals surface area contributed by atoms with E-state index in [-0.39, 0.29) is 6.04 Å². The number of hydrogen-bond acceptors (Lipinski definition) is 5. The van der Waals surface area contributed by atoms with E-state index in [9.17, 15) is 0 Å². The van der Waals surface area contributed by atoms with Gasteiger partial charge >= 0.3 is 0 Å². The smallest absolute Gasteiger partial charge is 0.124 e. The average Bonchev–Trinajstić information content (AvgIpc) is 2.69. The summed E-state index contributed by atoms with van der Waals surface area (Å²) in [6.45, 7) is 2.83. The van der Waals surface area contributed by atoms with E-state index in [1.807, 2.05) is 24.0 Å². The molecule has 0 bridgehead atoms. The SMILES string of the molecule is CSCC[C@H](N)CNc1ccnn1C1CNC1. The van der Waals surface area contributed by atoms with Gasteiger partial charge < -0.3 is 16.4 Å². The molecule has 0 aliphatic carbocycles. The Morgan fingerprint density at radius 3 is 3.18 bits per heavy atom. The number of anilines is 1. The second-order valence-electron chi connectivity index (χ2n) is 4.40. The lowest BCUT2D eigenvalue weighted by Crippen LogP contribution is -2.44. The van der Waals surface area contributed by atoms with Gasteiger partial charge in [0.2, 0.25) is 0 Å². The van der Waals surface area contributed by atoms with Crippen molar-refractivity contribution in [2.45, 2.75) is 18.5 Å². The first-order chi connectivity index (χ1) is 8.31. The summed E-state index contributed by atoms with van der Waals surface area (Å²) in [5, 5.41) is 11.0. The van der Waals surface area contributed by atoms with Crippen molar-refractivity contribution in [2.75, 3.05) is 37.0 Å². The normalized spacial score (nSPS) is 17.8. The van der Waals surface area contributed by atoms with Gasteiger partial charge in [0.25, 0.3) is 0 Å². The van der Waals surface area contributed by atoms with Gasteiger partial charge in [-0.1, -0.05) is 0 Å². The Bertz CT molecular complexity index is 336. The lowest BCUT2D eigenvalue weighted by Gasteiger charge is -2.29. The third kappa shape index (κ3) is 3.37. The second-order valence-corrected chi connectivity index (χ2v) is 5.38. The zero-order valence-electron chi connectivity index (χ0n) is 10.2. The summed E-state index contributed by atoms with van der Waals surface area (Å²) in [4.78, 5) is 0. The summed E-state index contributed by atoms with van der Waals surface area (Å²) >= 11 is 1.84. The first-order valence-electron chi connectivity index (χ1n) is 6.04. The molecule has 2 rings (SSSR count). The van der Waals surface area contributed by atoms with Crippen LogP contribution in [0, 0.1) is 0 Å². The predicted molar refractivity (Wildman–Crippen MR) is 73.6 cm³/mol. The van der Waals surface area contributed by atoms with Crippen LogP contribution in [0.1, 0.15) is 12.5 Å². The van der Waals surface area contributed by atoms with E-state index in [0.717, 1.165) is 37.6 Å². The van der Waals surface area contributed by atoms with Gasteiger partial charge in [0.1, 0.15) is 5.82 Å². The Balaban J connectivity index is 1.80. The number of nitrogens with one attached hydrogen (secondary N) is 2. The first kappa shape index (κ1) is 12.7. The van der Waals surface area contributed by atoms with Gasteiger partial charge in [0.15, 0.2) is 0 Å². The standard InChI is InChI=1S/C11H21N5S/c1-17-5-3-9(12)6-14-11-2-4-15-16(11)10-7-13-8-10/h2,4,9-10,13-14H,3,5-8,12H2,1H3/t9-/m0/s1. The minimum absolute atomic E-state index is 0.213. The third-order valence-electron chi connectivity index (χ3n) is 3.01. The van der Waals surface area contributed by atoms with E-state index in [1.54, 1.807) is 0 Å². The van der Waals surface area contributed by atoms with E-state index < -0.39 is 0 Å². The van der Waals surface area contributed by atoms with Gasteiger partial charge in [-0.2, -0.15) is 16.9 Å². The van der Waals surface area contributed by atoms with E-state index >= 15 is 0 Å². The summed E-state index contributed by atoms with van der Waals surface area (Å²) in [5.74, 6) is 2.20. The Morgan fingerprint density at radius 2 is 2.53 bits per heavy atom. The van der Waals surface area contributed by atoms with Crippen LogP contribution in [-0.4, -0.2) is 47.5 Å². The quantitative estimate of drug-likeness (QED) is 0.663. The topological polar surface area (TPSA) is 67.9 Å². The van der Waals surface area contributed by atoms with Crippen LogP contribution in [0.25, 0.3) is 0 Å². The fraction of sp³-hybridized carbons (Fsp3) is 0.727. The van der Waals surface area contributed by atoms with Gasteiger partial charge in [0, 0.05) is 31.7 Å². The van der Waals surface area contributed by atoms with Crippen LogP contribution in [-0.2, 0) is 0 Å². The Hall–Kier alpha value is -0.720. The molecule has 1 saturated heterocycles. The van der Waals surface area contributed by atoms with Gasteiger partial charge in [0.05, 0.1) is 12.2 Å². The Labute approximate surface area is 107 Å². The second kappa shape index (κ2) is 6.28. The molecular weight excluding hydrogens is 234 g/mol. The molecule has 0 amide bonds. The van der Waals surface area contributed by atoms with Crippen molar-refractivity contribution in [1.82, 2.24) is 15.1 Å². The van der Waals surface area contributed by atoms with Crippen LogP contribution in [0.3, 0.4) is 0 Å². The molecule has 1 aromatic heterocycles. The van der Waals surface area contributed by atoms with Crippen LogP contribution < -0.4 is 16.4 Å². The molecule has 6 heteroatoms. The zero-order valence-corrected chi connectivity index (χ0v) is 11.0. The molecule has 0 saturated carbocycles. The van der Waals surface area contributed by atoms with Crippen LogP contribution in [0.2, 0.25) is 0 Å². The molecule has 1 fully saturated rings. The number of nitrogens with two attached hydrogens (primary N) is 1. The summed E-state index contributed by atoms with van der Waals surface area (Å²) in [5.41, 5.74) is 6.03. The van der Waals surface area contributed by atoms with E-state index in [0.29, 0.717) is 6.04 Å². The monoisotopic (exact) mass is 255 g/mol. The molecule has 1 aliphatic rings. The van der Waals surface area contributed by atoms with Crippen molar-refractivity contribution in [3.05, 3.63) is 12.3 Å². The highest BCUT2D eigenvalue weighted by Gasteiger charge is 2.21. The maximum atomic E-state index is 6.03.